The highest BCUT2D eigenvalue weighted by atomic mass is 31.3. The van der Waals surface area contributed by atoms with Gasteiger partial charge in [-0.2, -0.15) is 4.31 Å². The zero-order chi connectivity index (χ0) is 22.3. The molecule has 0 aliphatic heterocycles. The van der Waals surface area contributed by atoms with Gasteiger partial charge < -0.3 is 19.4 Å². The topological polar surface area (TPSA) is 123 Å². The summed E-state index contributed by atoms with van der Waals surface area (Å²) in [5.41, 5.74) is 3.99. The van der Waals surface area contributed by atoms with Gasteiger partial charge in [0.05, 0.1) is 19.8 Å². The molecule has 1 atom stereocenters. The van der Waals surface area contributed by atoms with Crippen molar-refractivity contribution in [3.63, 3.8) is 0 Å². The molecule has 3 N–H and O–H groups in total. The molecular formula is C19H34O8P2. The largest absolute Gasteiger partial charge is 0.481 e. The van der Waals surface area contributed by atoms with Crippen molar-refractivity contribution in [2.75, 3.05) is 19.8 Å². The third kappa shape index (κ3) is 20.2. The first-order valence-electron chi connectivity index (χ1n) is 9.33. The van der Waals surface area contributed by atoms with Crippen LogP contribution in [0.25, 0.3) is 0 Å². The van der Waals surface area contributed by atoms with Crippen LogP contribution in [-0.2, 0) is 22.7 Å². The van der Waals surface area contributed by atoms with Crippen molar-refractivity contribution in [3.05, 3.63) is 47.1 Å². The van der Waals surface area contributed by atoms with Gasteiger partial charge in [-0.15, -0.1) is 0 Å². The van der Waals surface area contributed by atoms with Crippen molar-refractivity contribution < 1.29 is 37.4 Å². The summed E-state index contributed by atoms with van der Waals surface area (Å²) in [6.45, 7) is 8.80. The second-order valence-corrected chi connectivity index (χ2v) is 9.63. The fourth-order valence-corrected chi connectivity index (χ4v) is 3.65. The standard InChI is InChI=1S/C19H34O8P2/c1-17(2)9-7-10-18(3)11-8-12-19(4)13-16-25-14-5-6-15-26-29(23,24)27-28(20,21)22/h5-6,9,11,13H,7-8,10,12,14-16H2,1-4H3,(H,23,24)(H2,20,21,22)/b6-5+,18-11+,19-13+. The third-order valence-electron chi connectivity index (χ3n) is 3.60. The average molecular weight is 452 g/mol. The number of rotatable bonds is 15. The molecule has 8 nitrogen and oxygen atoms in total. The van der Waals surface area contributed by atoms with Gasteiger partial charge in [-0.25, -0.2) is 9.13 Å². The Bertz CT molecular complexity index is 684. The summed E-state index contributed by atoms with van der Waals surface area (Å²) in [6.07, 6.45) is 13.6. The first-order chi connectivity index (χ1) is 13.4. The quantitative estimate of drug-likeness (QED) is 0.176. The van der Waals surface area contributed by atoms with E-state index < -0.39 is 15.6 Å². The van der Waals surface area contributed by atoms with Crippen LogP contribution in [0.4, 0.5) is 0 Å². The van der Waals surface area contributed by atoms with E-state index >= 15 is 0 Å². The highest BCUT2D eigenvalue weighted by Crippen LogP contribution is 2.57. The summed E-state index contributed by atoms with van der Waals surface area (Å²) in [6, 6.07) is 0. The summed E-state index contributed by atoms with van der Waals surface area (Å²) in [5, 5.41) is 0. The molecule has 0 fully saturated rings. The van der Waals surface area contributed by atoms with Crippen molar-refractivity contribution in [1.29, 1.82) is 0 Å². The molecule has 0 saturated carbocycles. The lowest BCUT2D eigenvalue weighted by Crippen LogP contribution is -1.95. The number of ether oxygens (including phenoxy) is 1. The monoisotopic (exact) mass is 452 g/mol. The minimum atomic E-state index is -5.09. The molecule has 0 aliphatic carbocycles. The SMILES string of the molecule is CC(C)=CCC/C(C)=C/CC/C(C)=C/COC/C=C/COP(=O)(O)OP(=O)(O)O. The van der Waals surface area contributed by atoms with E-state index in [4.69, 9.17) is 19.4 Å². The molecule has 0 spiro atoms. The molecule has 10 heteroatoms. The van der Waals surface area contributed by atoms with Gasteiger partial charge in [0.2, 0.25) is 0 Å². The van der Waals surface area contributed by atoms with E-state index in [0.29, 0.717) is 6.61 Å². The summed E-state index contributed by atoms with van der Waals surface area (Å²) in [7, 11) is -9.88. The lowest BCUT2D eigenvalue weighted by molar-refractivity contribution is 0.186. The van der Waals surface area contributed by atoms with E-state index in [9.17, 15) is 9.13 Å². The highest BCUT2D eigenvalue weighted by molar-refractivity contribution is 7.60. The Morgan fingerprint density at radius 1 is 0.793 bits per heavy atom. The van der Waals surface area contributed by atoms with Crippen LogP contribution < -0.4 is 0 Å². The lowest BCUT2D eigenvalue weighted by atomic mass is 10.1. The molecule has 0 amide bonds. The van der Waals surface area contributed by atoms with E-state index in [1.807, 2.05) is 6.08 Å². The summed E-state index contributed by atoms with van der Waals surface area (Å²) in [5.74, 6) is 0. The van der Waals surface area contributed by atoms with Crippen LogP contribution in [0.5, 0.6) is 0 Å². The number of phosphoric ester groups is 1. The van der Waals surface area contributed by atoms with Gasteiger partial charge in [0.1, 0.15) is 0 Å². The summed E-state index contributed by atoms with van der Waals surface area (Å²) >= 11 is 0. The van der Waals surface area contributed by atoms with Crippen molar-refractivity contribution in [2.45, 2.75) is 53.4 Å². The normalized spacial score (nSPS) is 15.6. The lowest BCUT2D eigenvalue weighted by Gasteiger charge is -2.10. The molecule has 168 valence electrons. The Morgan fingerprint density at radius 3 is 1.93 bits per heavy atom. The maximum absolute atomic E-state index is 11.2. The van der Waals surface area contributed by atoms with Crippen LogP contribution in [0, 0.1) is 0 Å². The Kier molecular flexibility index (Phi) is 14.6. The van der Waals surface area contributed by atoms with Gasteiger partial charge in [-0.1, -0.05) is 47.1 Å². The Hall–Kier alpha value is -0.820. The summed E-state index contributed by atoms with van der Waals surface area (Å²) < 4.78 is 35.1. The first-order valence-corrected chi connectivity index (χ1v) is 12.4. The second kappa shape index (κ2) is 15.1. The average Bonchev–Trinajstić information content (AvgIpc) is 2.54. The fourth-order valence-electron chi connectivity index (χ4n) is 2.11. The van der Waals surface area contributed by atoms with E-state index in [0.717, 1.165) is 25.7 Å². The smallest absolute Gasteiger partial charge is 0.373 e. The third-order valence-corrected chi connectivity index (χ3v) is 5.75. The van der Waals surface area contributed by atoms with Crippen molar-refractivity contribution in [1.82, 2.24) is 0 Å². The molecule has 0 heterocycles. The highest BCUT2D eigenvalue weighted by Gasteiger charge is 2.31. The maximum Gasteiger partial charge on any atom is 0.481 e. The van der Waals surface area contributed by atoms with Crippen LogP contribution in [0.1, 0.15) is 53.4 Å². The molecule has 0 aromatic heterocycles. The van der Waals surface area contributed by atoms with E-state index in [1.54, 1.807) is 6.08 Å². The predicted octanol–water partition coefficient (Wildman–Crippen LogP) is 5.20. The van der Waals surface area contributed by atoms with E-state index in [1.165, 1.54) is 22.8 Å². The minimum absolute atomic E-state index is 0.269. The van der Waals surface area contributed by atoms with Crippen molar-refractivity contribution in [2.24, 2.45) is 0 Å². The Labute approximate surface area is 173 Å². The van der Waals surface area contributed by atoms with E-state index in [2.05, 4.69) is 48.7 Å². The molecular weight excluding hydrogens is 418 g/mol. The molecule has 1 unspecified atom stereocenters. The van der Waals surface area contributed by atoms with Gasteiger partial charge in [0.25, 0.3) is 0 Å². The minimum Gasteiger partial charge on any atom is -0.373 e. The van der Waals surface area contributed by atoms with Gasteiger partial charge in [0, 0.05) is 0 Å². The molecule has 0 saturated heterocycles. The Balaban J connectivity index is 3.93. The van der Waals surface area contributed by atoms with Crippen LogP contribution in [0.3, 0.4) is 0 Å². The van der Waals surface area contributed by atoms with Crippen LogP contribution in [0.2, 0.25) is 0 Å². The number of hydrogen-bond acceptors (Lipinski definition) is 5. The molecule has 0 aromatic carbocycles. The molecule has 0 aliphatic rings. The maximum atomic E-state index is 11.2. The summed E-state index contributed by atoms with van der Waals surface area (Å²) in [4.78, 5) is 26.0. The van der Waals surface area contributed by atoms with Crippen LogP contribution >= 0.6 is 15.6 Å². The van der Waals surface area contributed by atoms with Crippen molar-refractivity contribution >= 4 is 15.6 Å². The zero-order valence-electron chi connectivity index (χ0n) is 17.6. The molecule has 0 bridgehead atoms. The number of hydrogen-bond donors (Lipinski definition) is 3. The van der Waals surface area contributed by atoms with Crippen LogP contribution in [-0.4, -0.2) is 34.5 Å². The van der Waals surface area contributed by atoms with Gasteiger partial charge in [-0.3, -0.25) is 4.52 Å². The Morgan fingerprint density at radius 2 is 1.34 bits per heavy atom. The number of phosphoric acid groups is 2. The van der Waals surface area contributed by atoms with Crippen molar-refractivity contribution in [3.8, 4) is 0 Å². The van der Waals surface area contributed by atoms with Crippen LogP contribution in [0.15, 0.2) is 47.1 Å². The second-order valence-electron chi connectivity index (χ2n) is 6.81. The zero-order valence-corrected chi connectivity index (χ0v) is 19.4. The number of allylic oxidation sites excluding steroid dienone is 5. The first kappa shape index (κ1) is 28.2. The molecule has 0 rings (SSSR count). The predicted molar refractivity (Wildman–Crippen MR) is 114 cm³/mol. The molecule has 0 aromatic rings. The van der Waals surface area contributed by atoms with Gasteiger partial charge in [0.15, 0.2) is 0 Å². The molecule has 29 heavy (non-hydrogen) atoms. The fraction of sp³-hybridized carbons (Fsp3) is 0.579. The molecule has 0 radical (unpaired) electrons. The van der Waals surface area contributed by atoms with Gasteiger partial charge in [-0.05, 0) is 53.4 Å². The van der Waals surface area contributed by atoms with Gasteiger partial charge >= 0.3 is 15.6 Å². The van der Waals surface area contributed by atoms with E-state index in [-0.39, 0.29) is 13.2 Å².